The van der Waals surface area contributed by atoms with Gasteiger partial charge in [0.2, 0.25) is 5.82 Å². The van der Waals surface area contributed by atoms with Gasteiger partial charge in [-0.1, -0.05) is 0 Å². The molecule has 1 atom stereocenters. The first kappa shape index (κ1) is 24.6. The SMILES string of the molecule is CCOC(=O)C(C)(C)[C@H](Cc1ccn2c(C(F)(F)F)nnc2c1C)c1cnc(C)c(CO)c1. The van der Waals surface area contributed by atoms with E-state index >= 15 is 0 Å². The number of aromatic nitrogens is 4. The molecule has 3 aromatic rings. The van der Waals surface area contributed by atoms with Crippen molar-refractivity contribution in [2.24, 2.45) is 5.41 Å². The molecule has 178 valence electrons. The summed E-state index contributed by atoms with van der Waals surface area (Å²) in [5.74, 6) is -1.92. The van der Waals surface area contributed by atoms with Gasteiger partial charge in [-0.2, -0.15) is 13.2 Å². The number of hydrogen-bond donors (Lipinski definition) is 1. The number of ether oxygens (including phenoxy) is 1. The fourth-order valence-corrected chi connectivity index (χ4v) is 3.95. The molecule has 0 radical (unpaired) electrons. The van der Waals surface area contributed by atoms with E-state index in [9.17, 15) is 23.1 Å². The zero-order valence-electron chi connectivity index (χ0n) is 19.2. The van der Waals surface area contributed by atoms with Crippen LogP contribution in [-0.4, -0.2) is 37.3 Å². The van der Waals surface area contributed by atoms with Gasteiger partial charge in [0.1, 0.15) is 0 Å². The molecule has 3 aromatic heterocycles. The van der Waals surface area contributed by atoms with Crippen molar-refractivity contribution in [2.75, 3.05) is 6.61 Å². The predicted octanol–water partition coefficient (Wildman–Crippen LogP) is 4.17. The number of halogens is 3. The molecule has 0 aliphatic rings. The third kappa shape index (κ3) is 4.71. The zero-order chi connectivity index (χ0) is 24.6. The van der Waals surface area contributed by atoms with Gasteiger partial charge in [-0.25, -0.2) is 0 Å². The first-order valence-corrected chi connectivity index (χ1v) is 10.6. The first-order chi connectivity index (χ1) is 15.4. The van der Waals surface area contributed by atoms with Crippen LogP contribution in [-0.2, 0) is 28.7 Å². The van der Waals surface area contributed by atoms with Crippen LogP contribution in [0.3, 0.4) is 0 Å². The van der Waals surface area contributed by atoms with Crippen LogP contribution in [0.15, 0.2) is 24.5 Å². The molecule has 0 fully saturated rings. The number of aliphatic hydroxyl groups excluding tert-OH is 1. The molecule has 0 unspecified atom stereocenters. The molecule has 3 heterocycles. The molecule has 0 aromatic carbocycles. The van der Waals surface area contributed by atoms with Crippen molar-refractivity contribution in [1.29, 1.82) is 0 Å². The van der Waals surface area contributed by atoms with Gasteiger partial charge < -0.3 is 9.84 Å². The zero-order valence-corrected chi connectivity index (χ0v) is 19.2. The Morgan fingerprint density at radius 1 is 1.21 bits per heavy atom. The second kappa shape index (κ2) is 9.09. The quantitative estimate of drug-likeness (QED) is 0.528. The topological polar surface area (TPSA) is 89.6 Å². The van der Waals surface area contributed by atoms with E-state index in [-0.39, 0.29) is 18.9 Å². The Labute approximate surface area is 189 Å². The van der Waals surface area contributed by atoms with E-state index in [0.717, 1.165) is 15.5 Å². The largest absolute Gasteiger partial charge is 0.466 e. The van der Waals surface area contributed by atoms with Crippen molar-refractivity contribution in [2.45, 2.75) is 59.7 Å². The van der Waals surface area contributed by atoms with Gasteiger partial charge in [0.15, 0.2) is 5.65 Å². The Balaban J connectivity index is 2.11. The number of alkyl halides is 3. The van der Waals surface area contributed by atoms with Gasteiger partial charge in [-0.05, 0) is 75.4 Å². The Bertz CT molecular complexity index is 1170. The Hall–Kier alpha value is -3.01. The van der Waals surface area contributed by atoms with Gasteiger partial charge >= 0.3 is 12.1 Å². The standard InChI is InChI=1S/C23H27F3N4O3/c1-6-33-21(32)22(4,5)18(16-9-17(12-31)14(3)27-11-16)10-15-7-8-30-19(13(15)2)28-29-20(30)23(24,25)26/h7-9,11,18,31H,6,10,12H2,1-5H3/t18-/m1/s1. The van der Waals surface area contributed by atoms with Crippen LogP contribution in [0, 0.1) is 19.3 Å². The van der Waals surface area contributed by atoms with Crippen LogP contribution in [0.5, 0.6) is 0 Å². The maximum absolute atomic E-state index is 13.2. The number of fused-ring (bicyclic) bond motifs is 1. The van der Waals surface area contributed by atoms with Crippen LogP contribution in [0.25, 0.3) is 5.65 Å². The molecule has 3 rings (SSSR count). The number of hydrogen-bond acceptors (Lipinski definition) is 6. The molecule has 0 saturated carbocycles. The highest BCUT2D eigenvalue weighted by atomic mass is 19.4. The summed E-state index contributed by atoms with van der Waals surface area (Å²) < 4.78 is 45.9. The summed E-state index contributed by atoms with van der Waals surface area (Å²) in [6.45, 7) is 8.73. The molecule has 0 aliphatic carbocycles. The van der Waals surface area contributed by atoms with Gasteiger partial charge in [0.05, 0.1) is 18.6 Å². The second-order valence-electron chi connectivity index (χ2n) is 8.55. The predicted molar refractivity (Wildman–Crippen MR) is 114 cm³/mol. The third-order valence-electron chi connectivity index (χ3n) is 6.07. The minimum atomic E-state index is -4.63. The summed E-state index contributed by atoms with van der Waals surface area (Å²) >= 11 is 0. The van der Waals surface area contributed by atoms with Crippen LogP contribution < -0.4 is 0 Å². The lowest BCUT2D eigenvalue weighted by Crippen LogP contribution is -2.35. The summed E-state index contributed by atoms with van der Waals surface area (Å²) in [5.41, 5.74) is 2.41. The van der Waals surface area contributed by atoms with Crippen molar-refractivity contribution in [3.05, 3.63) is 58.3 Å². The average Bonchev–Trinajstić information content (AvgIpc) is 3.19. The van der Waals surface area contributed by atoms with Crippen molar-refractivity contribution >= 4 is 11.6 Å². The van der Waals surface area contributed by atoms with Crippen molar-refractivity contribution in [3.63, 3.8) is 0 Å². The van der Waals surface area contributed by atoms with Crippen LogP contribution in [0.4, 0.5) is 13.2 Å². The van der Waals surface area contributed by atoms with Crippen LogP contribution in [0.1, 0.15) is 60.5 Å². The molecule has 0 saturated heterocycles. The molecule has 0 aliphatic heterocycles. The average molecular weight is 464 g/mol. The number of carbonyl (C=O) groups excluding carboxylic acids is 1. The number of pyridine rings is 2. The normalized spacial score (nSPS) is 13.4. The highest BCUT2D eigenvalue weighted by Crippen LogP contribution is 2.40. The van der Waals surface area contributed by atoms with Gasteiger partial charge in [-0.15, -0.1) is 10.2 Å². The van der Waals surface area contributed by atoms with Crippen LogP contribution >= 0.6 is 0 Å². The van der Waals surface area contributed by atoms with Gasteiger partial charge in [0.25, 0.3) is 0 Å². The number of nitrogens with zero attached hydrogens (tertiary/aromatic N) is 4. The number of rotatable bonds is 7. The molecule has 7 nitrogen and oxygen atoms in total. The highest BCUT2D eigenvalue weighted by Gasteiger charge is 2.40. The summed E-state index contributed by atoms with van der Waals surface area (Å²) in [7, 11) is 0. The lowest BCUT2D eigenvalue weighted by molar-refractivity contribution is -0.154. The van der Waals surface area contributed by atoms with E-state index in [4.69, 9.17) is 4.74 Å². The fourth-order valence-electron chi connectivity index (χ4n) is 3.95. The van der Waals surface area contributed by atoms with Crippen LogP contribution in [0.2, 0.25) is 0 Å². The number of aryl methyl sites for hydroxylation is 2. The molecule has 10 heteroatoms. The lowest BCUT2D eigenvalue weighted by Gasteiger charge is -2.33. The number of esters is 1. The minimum Gasteiger partial charge on any atom is -0.466 e. The molecular weight excluding hydrogens is 437 g/mol. The molecule has 0 spiro atoms. The maximum Gasteiger partial charge on any atom is 0.452 e. The van der Waals surface area contributed by atoms with E-state index in [0.29, 0.717) is 23.2 Å². The fraction of sp³-hybridized carbons (Fsp3) is 0.478. The Morgan fingerprint density at radius 2 is 1.91 bits per heavy atom. The number of carbonyl (C=O) groups is 1. The first-order valence-electron chi connectivity index (χ1n) is 10.6. The summed E-state index contributed by atoms with van der Waals surface area (Å²) in [6, 6.07) is 3.39. The molecule has 33 heavy (non-hydrogen) atoms. The van der Waals surface area contributed by atoms with Gasteiger partial charge in [-0.3, -0.25) is 14.2 Å². The molecule has 0 amide bonds. The van der Waals surface area contributed by atoms with E-state index in [1.807, 2.05) is 0 Å². The molecule has 0 bridgehead atoms. The number of aliphatic hydroxyl groups is 1. The highest BCUT2D eigenvalue weighted by molar-refractivity contribution is 5.77. The third-order valence-corrected chi connectivity index (χ3v) is 6.07. The monoisotopic (exact) mass is 464 g/mol. The smallest absolute Gasteiger partial charge is 0.452 e. The maximum atomic E-state index is 13.2. The molecule has 1 N–H and O–H groups in total. The Kier molecular flexibility index (Phi) is 6.78. The lowest BCUT2D eigenvalue weighted by atomic mass is 9.71. The second-order valence-corrected chi connectivity index (χ2v) is 8.55. The van der Waals surface area contributed by atoms with E-state index in [2.05, 4.69) is 15.2 Å². The van der Waals surface area contributed by atoms with E-state index in [1.165, 1.54) is 6.20 Å². The van der Waals surface area contributed by atoms with E-state index < -0.39 is 29.3 Å². The van der Waals surface area contributed by atoms with Crippen molar-refractivity contribution < 1.29 is 27.8 Å². The summed E-state index contributed by atoms with van der Waals surface area (Å²) in [5, 5.41) is 16.8. The molecular formula is C23H27F3N4O3. The van der Waals surface area contributed by atoms with Crippen molar-refractivity contribution in [3.8, 4) is 0 Å². The van der Waals surface area contributed by atoms with Crippen molar-refractivity contribution in [1.82, 2.24) is 19.6 Å². The Morgan fingerprint density at radius 3 is 2.52 bits per heavy atom. The minimum absolute atomic E-state index is 0.102. The van der Waals surface area contributed by atoms with E-state index in [1.54, 1.807) is 52.9 Å². The summed E-state index contributed by atoms with van der Waals surface area (Å²) in [6.07, 6.45) is -1.36. The van der Waals surface area contributed by atoms with Gasteiger partial charge in [0, 0.05) is 24.0 Å². The summed E-state index contributed by atoms with van der Waals surface area (Å²) in [4.78, 5) is 17.2.